The molecule has 2 saturated carbocycles. The van der Waals surface area contributed by atoms with Crippen LogP contribution in [0.2, 0.25) is 0 Å². The van der Waals surface area contributed by atoms with Gasteiger partial charge in [-0.05, 0) is 38.7 Å². The number of guanidine groups is 1. The number of aryl methyl sites for hydroxylation is 1. The smallest absolute Gasteiger partial charge is 0.191 e. The van der Waals surface area contributed by atoms with E-state index in [2.05, 4.69) is 40.8 Å². The molecule has 2 atom stereocenters. The molecule has 0 aromatic carbocycles. The van der Waals surface area contributed by atoms with Crippen LogP contribution in [0.3, 0.4) is 0 Å². The van der Waals surface area contributed by atoms with E-state index >= 15 is 0 Å². The zero-order chi connectivity index (χ0) is 17.0. The Morgan fingerprint density at radius 2 is 2.20 bits per heavy atom. The molecule has 142 valence electrons. The first kappa shape index (κ1) is 20.5. The van der Waals surface area contributed by atoms with Crippen LogP contribution in [-0.4, -0.2) is 48.1 Å². The molecule has 2 aliphatic rings. The van der Waals surface area contributed by atoms with Crippen LogP contribution in [-0.2, 0) is 11.3 Å². The highest BCUT2D eigenvalue weighted by Gasteiger charge is 2.56. The van der Waals surface area contributed by atoms with Crippen LogP contribution < -0.4 is 10.6 Å². The lowest BCUT2D eigenvalue weighted by Crippen LogP contribution is -2.65. The third-order valence-electron chi connectivity index (χ3n) is 5.62. The Labute approximate surface area is 168 Å². The zero-order valence-electron chi connectivity index (χ0n) is 15.6. The summed E-state index contributed by atoms with van der Waals surface area (Å²) in [6.45, 7) is 6.63. The van der Waals surface area contributed by atoms with Gasteiger partial charge in [-0.2, -0.15) is 5.10 Å². The first-order valence-electron chi connectivity index (χ1n) is 9.26. The van der Waals surface area contributed by atoms with Crippen molar-refractivity contribution in [3.8, 4) is 0 Å². The van der Waals surface area contributed by atoms with Gasteiger partial charge in [0.15, 0.2) is 5.96 Å². The van der Waals surface area contributed by atoms with Gasteiger partial charge in [0.25, 0.3) is 0 Å². The van der Waals surface area contributed by atoms with Crippen molar-refractivity contribution in [3.63, 3.8) is 0 Å². The third-order valence-corrected chi connectivity index (χ3v) is 5.62. The Balaban J connectivity index is 0.00000225. The summed E-state index contributed by atoms with van der Waals surface area (Å²) in [5.74, 6) is 0.894. The van der Waals surface area contributed by atoms with Crippen molar-refractivity contribution in [2.75, 3.05) is 20.2 Å². The lowest BCUT2D eigenvalue weighted by atomic mass is 9.60. The number of ether oxygens (including phenoxy) is 1. The maximum Gasteiger partial charge on any atom is 0.191 e. The van der Waals surface area contributed by atoms with Gasteiger partial charge in [0.1, 0.15) is 0 Å². The van der Waals surface area contributed by atoms with E-state index in [0.717, 1.165) is 32.1 Å². The summed E-state index contributed by atoms with van der Waals surface area (Å²) in [5, 5.41) is 11.4. The minimum atomic E-state index is 0. The number of nitrogens with one attached hydrogen (secondary N) is 2. The minimum absolute atomic E-state index is 0. The van der Waals surface area contributed by atoms with Crippen molar-refractivity contribution in [2.45, 2.75) is 64.6 Å². The number of rotatable bonds is 6. The van der Waals surface area contributed by atoms with E-state index in [4.69, 9.17) is 4.74 Å². The SMILES string of the molecule is CCOC1CC(NC(=NC)NCCn2cc(C)cn2)C12CCCC2.I. The Kier molecular flexibility index (Phi) is 7.54. The summed E-state index contributed by atoms with van der Waals surface area (Å²) in [6.07, 6.45) is 10.7. The van der Waals surface area contributed by atoms with Crippen molar-refractivity contribution >= 4 is 29.9 Å². The van der Waals surface area contributed by atoms with Gasteiger partial charge in [-0.3, -0.25) is 9.67 Å². The van der Waals surface area contributed by atoms with E-state index in [1.54, 1.807) is 0 Å². The highest BCUT2D eigenvalue weighted by molar-refractivity contribution is 14.0. The van der Waals surface area contributed by atoms with Crippen molar-refractivity contribution in [1.82, 2.24) is 20.4 Å². The van der Waals surface area contributed by atoms with Crippen LogP contribution in [0.1, 0.15) is 44.6 Å². The molecule has 0 amide bonds. The Morgan fingerprint density at radius 3 is 2.80 bits per heavy atom. The molecular weight excluding hydrogens is 429 g/mol. The molecule has 1 heterocycles. The molecule has 2 fully saturated rings. The zero-order valence-corrected chi connectivity index (χ0v) is 18.0. The van der Waals surface area contributed by atoms with Crippen LogP contribution in [0.4, 0.5) is 0 Å². The van der Waals surface area contributed by atoms with E-state index in [1.165, 1.54) is 31.2 Å². The number of aliphatic imine (C=N–C) groups is 1. The Hall–Kier alpha value is -0.830. The fourth-order valence-electron chi connectivity index (χ4n) is 4.33. The standard InChI is InChI=1S/C18H31N5O.HI/c1-4-24-16-11-15(18(16)7-5-6-8-18)22-17(19-3)20-9-10-23-13-14(2)12-21-23;/h12-13,15-16H,4-11H2,1-3H3,(H2,19,20,22);1H. The molecule has 0 bridgehead atoms. The van der Waals surface area contributed by atoms with Crippen LogP contribution in [0, 0.1) is 12.3 Å². The van der Waals surface area contributed by atoms with Crippen LogP contribution in [0.25, 0.3) is 0 Å². The molecule has 3 rings (SSSR count). The highest BCUT2D eigenvalue weighted by Crippen LogP contribution is 2.54. The van der Waals surface area contributed by atoms with E-state index < -0.39 is 0 Å². The molecule has 25 heavy (non-hydrogen) atoms. The van der Waals surface area contributed by atoms with Crippen molar-refractivity contribution in [1.29, 1.82) is 0 Å². The third kappa shape index (κ3) is 4.48. The molecule has 2 N–H and O–H groups in total. The second-order valence-corrected chi connectivity index (χ2v) is 7.10. The molecule has 1 aromatic rings. The fourth-order valence-corrected chi connectivity index (χ4v) is 4.33. The maximum absolute atomic E-state index is 5.99. The van der Waals surface area contributed by atoms with Crippen molar-refractivity contribution in [2.24, 2.45) is 10.4 Å². The van der Waals surface area contributed by atoms with Gasteiger partial charge >= 0.3 is 0 Å². The largest absolute Gasteiger partial charge is 0.378 e. The predicted molar refractivity (Wildman–Crippen MR) is 112 cm³/mol. The minimum Gasteiger partial charge on any atom is -0.378 e. The summed E-state index contributed by atoms with van der Waals surface area (Å²) in [5.41, 5.74) is 1.52. The lowest BCUT2D eigenvalue weighted by Gasteiger charge is -2.54. The van der Waals surface area contributed by atoms with E-state index in [-0.39, 0.29) is 24.0 Å². The summed E-state index contributed by atoms with van der Waals surface area (Å²) in [4.78, 5) is 4.40. The van der Waals surface area contributed by atoms with E-state index in [0.29, 0.717) is 17.6 Å². The predicted octanol–water partition coefficient (Wildman–Crippen LogP) is 2.71. The summed E-state index contributed by atoms with van der Waals surface area (Å²) < 4.78 is 7.95. The Bertz CT molecular complexity index is 568. The van der Waals surface area contributed by atoms with Gasteiger partial charge in [0.05, 0.1) is 18.8 Å². The average molecular weight is 461 g/mol. The van der Waals surface area contributed by atoms with Crippen molar-refractivity contribution < 1.29 is 4.74 Å². The molecule has 0 saturated heterocycles. The molecule has 1 spiro atoms. The quantitative estimate of drug-likeness (QED) is 0.389. The molecule has 2 aliphatic carbocycles. The van der Waals surface area contributed by atoms with Gasteiger partial charge < -0.3 is 15.4 Å². The van der Waals surface area contributed by atoms with Gasteiger partial charge in [0.2, 0.25) is 0 Å². The number of hydrogen-bond donors (Lipinski definition) is 2. The molecule has 7 heteroatoms. The number of aromatic nitrogens is 2. The van der Waals surface area contributed by atoms with Crippen LogP contribution >= 0.6 is 24.0 Å². The molecule has 0 radical (unpaired) electrons. The number of hydrogen-bond acceptors (Lipinski definition) is 3. The first-order valence-corrected chi connectivity index (χ1v) is 9.26. The summed E-state index contributed by atoms with van der Waals surface area (Å²) >= 11 is 0. The first-order chi connectivity index (χ1) is 11.7. The topological polar surface area (TPSA) is 63.5 Å². The number of nitrogens with zero attached hydrogens (tertiary/aromatic N) is 3. The number of halogens is 1. The van der Waals surface area contributed by atoms with Crippen LogP contribution in [0.15, 0.2) is 17.4 Å². The second kappa shape index (κ2) is 9.21. The van der Waals surface area contributed by atoms with Crippen LogP contribution in [0.5, 0.6) is 0 Å². The fraction of sp³-hybridized carbons (Fsp3) is 0.778. The highest BCUT2D eigenvalue weighted by atomic mass is 127. The van der Waals surface area contributed by atoms with Gasteiger partial charge in [-0.15, -0.1) is 24.0 Å². The normalized spacial score (nSPS) is 24.7. The average Bonchev–Trinajstić information content (AvgIpc) is 3.23. The molecule has 6 nitrogen and oxygen atoms in total. The molecular formula is C18H32IN5O. The van der Waals surface area contributed by atoms with E-state index in [1.807, 2.05) is 17.9 Å². The molecule has 1 aromatic heterocycles. The lowest BCUT2D eigenvalue weighted by molar-refractivity contribution is -0.125. The monoisotopic (exact) mass is 461 g/mol. The second-order valence-electron chi connectivity index (χ2n) is 7.10. The van der Waals surface area contributed by atoms with E-state index in [9.17, 15) is 0 Å². The van der Waals surface area contributed by atoms with Crippen molar-refractivity contribution in [3.05, 3.63) is 18.0 Å². The summed E-state index contributed by atoms with van der Waals surface area (Å²) in [7, 11) is 1.84. The van der Waals surface area contributed by atoms with Gasteiger partial charge in [-0.1, -0.05) is 12.8 Å². The molecule has 2 unspecified atom stereocenters. The van der Waals surface area contributed by atoms with Gasteiger partial charge in [-0.25, -0.2) is 0 Å². The molecule has 0 aliphatic heterocycles. The maximum atomic E-state index is 5.99. The summed E-state index contributed by atoms with van der Waals surface area (Å²) in [6, 6.07) is 0.481. The Morgan fingerprint density at radius 1 is 1.44 bits per heavy atom. The van der Waals surface area contributed by atoms with Gasteiger partial charge in [0, 0.05) is 37.9 Å².